The Kier molecular flexibility index (Phi) is 3.11. The summed E-state index contributed by atoms with van der Waals surface area (Å²) in [6, 6.07) is 1.06. The van der Waals surface area contributed by atoms with Gasteiger partial charge in [-0.1, -0.05) is 0 Å². The highest BCUT2D eigenvalue weighted by Gasteiger charge is 2.15. The minimum Gasteiger partial charge on any atom is -0.504 e. The molecule has 0 radical (unpaired) electrons. The summed E-state index contributed by atoms with van der Waals surface area (Å²) in [5.41, 5.74) is -0.0885. The van der Waals surface area contributed by atoms with Crippen molar-refractivity contribution < 1.29 is 19.7 Å². The number of aromatic hydroxyl groups is 2. The zero-order valence-corrected chi connectivity index (χ0v) is 8.18. The summed E-state index contributed by atoms with van der Waals surface area (Å²) in [6.07, 6.45) is -0.0370. The zero-order valence-electron chi connectivity index (χ0n) is 6.59. The van der Waals surface area contributed by atoms with E-state index >= 15 is 0 Å². The molecule has 0 unspecified atom stereocenters. The lowest BCUT2D eigenvalue weighted by Crippen LogP contribution is -1.96. The molecule has 0 aromatic heterocycles. The van der Waals surface area contributed by atoms with Crippen LogP contribution >= 0.6 is 15.9 Å². The van der Waals surface area contributed by atoms with Gasteiger partial charge < -0.3 is 15.3 Å². The van der Waals surface area contributed by atoms with Gasteiger partial charge in [0.2, 0.25) is 0 Å². The summed E-state index contributed by atoms with van der Waals surface area (Å²) < 4.78 is 13.3. The molecule has 1 rings (SSSR count). The topological polar surface area (TPSA) is 60.7 Å². The number of aliphatic hydroxyl groups is 1. The van der Waals surface area contributed by atoms with Crippen molar-refractivity contribution in [3.05, 3.63) is 21.9 Å². The number of halogens is 2. The van der Waals surface area contributed by atoms with E-state index in [0.717, 1.165) is 6.07 Å². The standard InChI is InChI=1S/C8H8BrFO3/c9-5-3-6(12)8(13)4(1-2-11)7(5)10/h3,11-13H,1-2H2. The van der Waals surface area contributed by atoms with Crippen LogP contribution in [0.15, 0.2) is 10.5 Å². The van der Waals surface area contributed by atoms with Gasteiger partial charge in [-0.15, -0.1) is 0 Å². The lowest BCUT2D eigenvalue weighted by Gasteiger charge is -2.07. The fraction of sp³-hybridized carbons (Fsp3) is 0.250. The van der Waals surface area contributed by atoms with E-state index in [1.807, 2.05) is 0 Å². The van der Waals surface area contributed by atoms with Gasteiger partial charge in [-0.2, -0.15) is 0 Å². The summed E-state index contributed by atoms with van der Waals surface area (Å²) in [4.78, 5) is 0. The molecular formula is C8H8BrFO3. The maximum Gasteiger partial charge on any atom is 0.163 e. The molecule has 3 N–H and O–H groups in total. The number of aliphatic hydroxyl groups excluding tert-OH is 1. The Morgan fingerprint density at radius 1 is 1.38 bits per heavy atom. The van der Waals surface area contributed by atoms with Crippen molar-refractivity contribution in [2.45, 2.75) is 6.42 Å². The third kappa shape index (κ3) is 1.92. The molecule has 0 aliphatic rings. The van der Waals surface area contributed by atoms with E-state index in [-0.39, 0.29) is 23.1 Å². The SMILES string of the molecule is OCCc1c(O)c(O)cc(Br)c1F. The summed E-state index contributed by atoms with van der Waals surface area (Å²) in [7, 11) is 0. The van der Waals surface area contributed by atoms with Gasteiger partial charge in [0.25, 0.3) is 0 Å². The highest BCUT2D eigenvalue weighted by molar-refractivity contribution is 9.10. The number of hydrogen-bond donors (Lipinski definition) is 3. The van der Waals surface area contributed by atoms with Gasteiger partial charge in [-0.05, 0) is 15.9 Å². The van der Waals surface area contributed by atoms with Crippen LogP contribution in [-0.4, -0.2) is 21.9 Å². The van der Waals surface area contributed by atoms with Gasteiger partial charge in [0.05, 0.1) is 4.47 Å². The Labute approximate surface area is 82.6 Å². The fourth-order valence-electron chi connectivity index (χ4n) is 0.994. The monoisotopic (exact) mass is 250 g/mol. The van der Waals surface area contributed by atoms with Crippen LogP contribution in [0.2, 0.25) is 0 Å². The Bertz CT molecular complexity index is 301. The van der Waals surface area contributed by atoms with Gasteiger partial charge in [-0.25, -0.2) is 4.39 Å². The molecule has 0 heterocycles. The quantitative estimate of drug-likeness (QED) is 0.698. The van der Waals surface area contributed by atoms with Gasteiger partial charge in [0, 0.05) is 24.7 Å². The van der Waals surface area contributed by atoms with E-state index < -0.39 is 17.3 Å². The van der Waals surface area contributed by atoms with Crippen molar-refractivity contribution >= 4 is 15.9 Å². The second kappa shape index (κ2) is 3.93. The Balaban J connectivity index is 3.28. The summed E-state index contributed by atoms with van der Waals surface area (Å²) in [6.45, 7) is -0.291. The molecule has 13 heavy (non-hydrogen) atoms. The second-order valence-electron chi connectivity index (χ2n) is 2.49. The lowest BCUT2D eigenvalue weighted by molar-refractivity contribution is 0.293. The first-order valence-corrected chi connectivity index (χ1v) is 4.37. The second-order valence-corrected chi connectivity index (χ2v) is 3.35. The van der Waals surface area contributed by atoms with Crippen LogP contribution in [0, 0.1) is 5.82 Å². The first kappa shape index (κ1) is 10.3. The minimum absolute atomic E-state index is 0.0370. The summed E-state index contributed by atoms with van der Waals surface area (Å²) in [5.74, 6) is -1.59. The van der Waals surface area contributed by atoms with Crippen molar-refractivity contribution in [1.29, 1.82) is 0 Å². The Morgan fingerprint density at radius 2 is 2.00 bits per heavy atom. The van der Waals surface area contributed by atoms with Gasteiger partial charge in [0.1, 0.15) is 5.82 Å². The molecule has 3 nitrogen and oxygen atoms in total. The van der Waals surface area contributed by atoms with Crippen molar-refractivity contribution in [1.82, 2.24) is 0 Å². The highest BCUT2D eigenvalue weighted by atomic mass is 79.9. The average molecular weight is 251 g/mol. The molecule has 1 aromatic rings. The van der Waals surface area contributed by atoms with Crippen molar-refractivity contribution in [2.75, 3.05) is 6.61 Å². The summed E-state index contributed by atoms with van der Waals surface area (Å²) >= 11 is 2.87. The molecule has 0 atom stereocenters. The smallest absolute Gasteiger partial charge is 0.163 e. The average Bonchev–Trinajstić information content (AvgIpc) is 2.09. The van der Waals surface area contributed by atoms with Crippen LogP contribution in [0.1, 0.15) is 5.56 Å². The number of phenols is 2. The third-order valence-electron chi connectivity index (χ3n) is 1.63. The maximum absolute atomic E-state index is 13.2. The van der Waals surface area contributed by atoms with Crippen molar-refractivity contribution in [3.8, 4) is 11.5 Å². The maximum atomic E-state index is 13.2. The molecule has 0 aliphatic heterocycles. The molecule has 0 fully saturated rings. The predicted molar refractivity (Wildman–Crippen MR) is 48.2 cm³/mol. The van der Waals surface area contributed by atoms with E-state index in [9.17, 15) is 9.50 Å². The number of phenolic OH excluding ortho intramolecular Hbond substituents is 2. The highest BCUT2D eigenvalue weighted by Crippen LogP contribution is 2.35. The van der Waals surface area contributed by atoms with Crippen molar-refractivity contribution in [2.24, 2.45) is 0 Å². The summed E-state index contributed by atoms with van der Waals surface area (Å²) in [5, 5.41) is 26.9. The number of hydrogen-bond acceptors (Lipinski definition) is 3. The fourth-order valence-corrected chi connectivity index (χ4v) is 1.45. The minimum atomic E-state index is -0.663. The lowest BCUT2D eigenvalue weighted by atomic mass is 10.1. The molecule has 0 bridgehead atoms. The number of rotatable bonds is 2. The molecular weight excluding hydrogens is 243 g/mol. The van der Waals surface area contributed by atoms with Gasteiger partial charge in [-0.3, -0.25) is 0 Å². The molecule has 0 amide bonds. The Hall–Kier alpha value is -0.810. The van der Waals surface area contributed by atoms with E-state index in [1.54, 1.807) is 0 Å². The van der Waals surface area contributed by atoms with E-state index in [0.29, 0.717) is 0 Å². The molecule has 0 aliphatic carbocycles. The van der Waals surface area contributed by atoms with Gasteiger partial charge >= 0.3 is 0 Å². The molecule has 72 valence electrons. The normalized spacial score (nSPS) is 10.4. The first-order valence-electron chi connectivity index (χ1n) is 3.57. The largest absolute Gasteiger partial charge is 0.504 e. The van der Waals surface area contributed by atoms with Crippen LogP contribution in [0.25, 0.3) is 0 Å². The Morgan fingerprint density at radius 3 is 2.54 bits per heavy atom. The number of benzene rings is 1. The first-order chi connectivity index (χ1) is 6.07. The molecule has 0 saturated heterocycles. The zero-order chi connectivity index (χ0) is 10.0. The van der Waals surface area contributed by atoms with Gasteiger partial charge in [0.15, 0.2) is 11.5 Å². The molecule has 1 aromatic carbocycles. The van der Waals surface area contributed by atoms with E-state index in [4.69, 9.17) is 10.2 Å². The van der Waals surface area contributed by atoms with Crippen LogP contribution in [-0.2, 0) is 6.42 Å². The molecule has 0 spiro atoms. The van der Waals surface area contributed by atoms with Crippen LogP contribution in [0.3, 0.4) is 0 Å². The van der Waals surface area contributed by atoms with Crippen LogP contribution in [0.4, 0.5) is 4.39 Å². The van der Waals surface area contributed by atoms with Crippen molar-refractivity contribution in [3.63, 3.8) is 0 Å². The molecule has 0 saturated carbocycles. The van der Waals surface area contributed by atoms with Crippen LogP contribution < -0.4 is 0 Å². The predicted octanol–water partition coefficient (Wildman–Crippen LogP) is 1.53. The van der Waals surface area contributed by atoms with Crippen LogP contribution in [0.5, 0.6) is 11.5 Å². The van der Waals surface area contributed by atoms with E-state index in [2.05, 4.69) is 15.9 Å². The van der Waals surface area contributed by atoms with E-state index in [1.165, 1.54) is 0 Å². The third-order valence-corrected chi connectivity index (χ3v) is 2.21. The molecule has 5 heteroatoms.